The normalized spacial score (nSPS) is 10.2. The van der Waals surface area contributed by atoms with Gasteiger partial charge in [-0.25, -0.2) is 4.98 Å². The van der Waals surface area contributed by atoms with Crippen LogP contribution < -0.4 is 11.1 Å². The summed E-state index contributed by atoms with van der Waals surface area (Å²) in [6, 6.07) is 3.91. The summed E-state index contributed by atoms with van der Waals surface area (Å²) >= 11 is 1.50. The maximum atomic E-state index is 11.9. The van der Waals surface area contributed by atoms with Crippen LogP contribution in [0.2, 0.25) is 0 Å². The van der Waals surface area contributed by atoms with Crippen LogP contribution in [-0.2, 0) is 6.42 Å². The van der Waals surface area contributed by atoms with Gasteiger partial charge < -0.3 is 11.1 Å². The standard InChI is InChI=1S/C12H12N4O3S/c13-10-5-8(1-2-11(10)16(18)19)12(17)14-4-3-9-6-20-7-15-9/h1-2,5-7H,3-4,13H2,(H,14,17). The maximum Gasteiger partial charge on any atom is 0.292 e. The molecule has 20 heavy (non-hydrogen) atoms. The van der Waals surface area contributed by atoms with Gasteiger partial charge in [-0.3, -0.25) is 14.9 Å². The van der Waals surface area contributed by atoms with Crippen molar-refractivity contribution in [1.29, 1.82) is 0 Å². The van der Waals surface area contributed by atoms with Crippen LogP contribution in [0.1, 0.15) is 16.1 Å². The number of nitro benzene ring substituents is 1. The van der Waals surface area contributed by atoms with Gasteiger partial charge in [0.1, 0.15) is 5.69 Å². The van der Waals surface area contributed by atoms with Crippen molar-refractivity contribution < 1.29 is 9.72 Å². The molecule has 0 aliphatic carbocycles. The Labute approximate surface area is 118 Å². The number of aromatic nitrogens is 1. The summed E-state index contributed by atoms with van der Waals surface area (Å²) in [7, 11) is 0. The molecule has 0 bridgehead atoms. The van der Waals surface area contributed by atoms with Crippen LogP contribution >= 0.6 is 11.3 Å². The van der Waals surface area contributed by atoms with E-state index >= 15 is 0 Å². The SMILES string of the molecule is Nc1cc(C(=O)NCCc2cscn2)ccc1[N+](=O)[O-]. The van der Waals surface area contributed by atoms with Crippen molar-refractivity contribution in [2.75, 3.05) is 12.3 Å². The minimum Gasteiger partial charge on any atom is -0.393 e. The van der Waals surface area contributed by atoms with E-state index in [4.69, 9.17) is 5.73 Å². The average Bonchev–Trinajstić information content (AvgIpc) is 2.91. The van der Waals surface area contributed by atoms with Crippen LogP contribution in [0.25, 0.3) is 0 Å². The molecule has 0 fully saturated rings. The van der Waals surface area contributed by atoms with Crippen molar-refractivity contribution in [3.05, 3.63) is 50.5 Å². The number of nitrogen functional groups attached to an aromatic ring is 1. The van der Waals surface area contributed by atoms with Gasteiger partial charge in [-0.1, -0.05) is 0 Å². The fourth-order valence-electron chi connectivity index (χ4n) is 1.63. The van der Waals surface area contributed by atoms with Crippen LogP contribution in [0.5, 0.6) is 0 Å². The van der Waals surface area contributed by atoms with Crippen molar-refractivity contribution in [2.45, 2.75) is 6.42 Å². The molecular weight excluding hydrogens is 280 g/mol. The number of amides is 1. The molecule has 0 radical (unpaired) electrons. The molecule has 8 heteroatoms. The molecule has 0 aliphatic rings. The zero-order valence-corrected chi connectivity index (χ0v) is 11.2. The molecule has 1 heterocycles. The molecule has 0 aliphatic heterocycles. The molecule has 0 saturated carbocycles. The number of nitrogens with zero attached hydrogens (tertiary/aromatic N) is 2. The number of nitro groups is 1. The second-order valence-electron chi connectivity index (χ2n) is 4.02. The number of hydrogen-bond acceptors (Lipinski definition) is 6. The lowest BCUT2D eigenvalue weighted by Crippen LogP contribution is -2.25. The van der Waals surface area contributed by atoms with E-state index in [1.165, 1.54) is 29.5 Å². The van der Waals surface area contributed by atoms with Gasteiger partial charge in [0.2, 0.25) is 0 Å². The summed E-state index contributed by atoms with van der Waals surface area (Å²) in [5.41, 5.74) is 8.25. The zero-order chi connectivity index (χ0) is 14.5. The Balaban J connectivity index is 1.95. The van der Waals surface area contributed by atoms with E-state index in [1.54, 1.807) is 5.51 Å². The minimum absolute atomic E-state index is 0.0258. The molecule has 1 aromatic heterocycles. The molecule has 104 valence electrons. The highest BCUT2D eigenvalue weighted by atomic mass is 32.1. The molecule has 2 aromatic rings. The van der Waals surface area contributed by atoms with Crippen LogP contribution in [0.3, 0.4) is 0 Å². The number of nitrogens with one attached hydrogen (secondary N) is 1. The summed E-state index contributed by atoms with van der Waals surface area (Å²) in [5, 5.41) is 15.3. The molecule has 3 N–H and O–H groups in total. The number of hydrogen-bond donors (Lipinski definition) is 2. The van der Waals surface area contributed by atoms with Gasteiger partial charge in [-0.05, 0) is 12.1 Å². The van der Waals surface area contributed by atoms with E-state index < -0.39 is 4.92 Å². The Kier molecular flexibility index (Phi) is 4.26. The first-order chi connectivity index (χ1) is 9.58. The first-order valence-corrected chi connectivity index (χ1v) is 6.71. The van der Waals surface area contributed by atoms with Crippen LogP contribution in [0.15, 0.2) is 29.1 Å². The fraction of sp³-hybridized carbons (Fsp3) is 0.167. The molecular formula is C12H12N4O3S. The molecule has 1 aromatic carbocycles. The molecule has 0 unspecified atom stereocenters. The third kappa shape index (κ3) is 3.29. The summed E-state index contributed by atoms with van der Waals surface area (Å²) in [5.74, 6) is -0.318. The van der Waals surface area contributed by atoms with Gasteiger partial charge in [0.05, 0.1) is 16.1 Å². The monoisotopic (exact) mass is 292 g/mol. The van der Waals surface area contributed by atoms with Gasteiger partial charge in [0.25, 0.3) is 11.6 Å². The number of thiazole rings is 1. The number of carbonyl (C=O) groups is 1. The first kappa shape index (κ1) is 13.9. The Morgan fingerprint density at radius 1 is 1.50 bits per heavy atom. The average molecular weight is 292 g/mol. The Hall–Kier alpha value is -2.48. The largest absolute Gasteiger partial charge is 0.393 e. The Bertz CT molecular complexity index is 628. The van der Waals surface area contributed by atoms with E-state index in [-0.39, 0.29) is 17.3 Å². The third-order valence-electron chi connectivity index (χ3n) is 2.64. The summed E-state index contributed by atoms with van der Waals surface area (Å²) in [4.78, 5) is 26.0. The minimum atomic E-state index is -0.584. The molecule has 0 atom stereocenters. The third-order valence-corrected chi connectivity index (χ3v) is 3.27. The maximum absolute atomic E-state index is 11.9. The van der Waals surface area contributed by atoms with E-state index in [2.05, 4.69) is 10.3 Å². The number of rotatable bonds is 5. The van der Waals surface area contributed by atoms with Gasteiger partial charge in [-0.15, -0.1) is 11.3 Å². The summed E-state index contributed by atoms with van der Waals surface area (Å²) in [6.45, 7) is 0.444. The van der Waals surface area contributed by atoms with Crippen molar-refractivity contribution in [3.8, 4) is 0 Å². The predicted molar refractivity (Wildman–Crippen MR) is 75.7 cm³/mol. The van der Waals surface area contributed by atoms with Gasteiger partial charge >= 0.3 is 0 Å². The second-order valence-corrected chi connectivity index (χ2v) is 4.74. The molecule has 2 rings (SSSR count). The molecule has 0 spiro atoms. The van der Waals surface area contributed by atoms with E-state index in [0.29, 0.717) is 18.5 Å². The lowest BCUT2D eigenvalue weighted by molar-refractivity contribution is -0.383. The lowest BCUT2D eigenvalue weighted by Gasteiger charge is -2.05. The van der Waals surface area contributed by atoms with Gasteiger partial charge in [0.15, 0.2) is 0 Å². The van der Waals surface area contributed by atoms with Crippen LogP contribution in [-0.4, -0.2) is 22.4 Å². The van der Waals surface area contributed by atoms with E-state index in [0.717, 1.165) is 5.69 Å². The molecule has 1 amide bonds. The quantitative estimate of drug-likeness (QED) is 0.494. The predicted octanol–water partition coefficient (Wildman–Crippen LogP) is 1.61. The number of anilines is 1. The number of nitrogens with two attached hydrogens (primary N) is 1. The zero-order valence-electron chi connectivity index (χ0n) is 10.4. The Morgan fingerprint density at radius 3 is 2.90 bits per heavy atom. The van der Waals surface area contributed by atoms with Gasteiger partial charge in [-0.2, -0.15) is 0 Å². The van der Waals surface area contributed by atoms with E-state index in [9.17, 15) is 14.9 Å². The van der Waals surface area contributed by atoms with Crippen molar-refractivity contribution in [1.82, 2.24) is 10.3 Å². The lowest BCUT2D eigenvalue weighted by atomic mass is 10.1. The fourth-order valence-corrected chi connectivity index (χ4v) is 2.22. The highest BCUT2D eigenvalue weighted by Gasteiger charge is 2.14. The summed E-state index contributed by atoms with van der Waals surface area (Å²) < 4.78 is 0. The smallest absolute Gasteiger partial charge is 0.292 e. The van der Waals surface area contributed by atoms with Gasteiger partial charge in [0, 0.05) is 30.0 Å². The van der Waals surface area contributed by atoms with Crippen LogP contribution in [0.4, 0.5) is 11.4 Å². The number of carbonyl (C=O) groups excluding carboxylic acids is 1. The molecule has 0 saturated heterocycles. The highest BCUT2D eigenvalue weighted by molar-refractivity contribution is 7.07. The van der Waals surface area contributed by atoms with Crippen molar-refractivity contribution in [3.63, 3.8) is 0 Å². The summed E-state index contributed by atoms with van der Waals surface area (Å²) in [6.07, 6.45) is 0.637. The highest BCUT2D eigenvalue weighted by Crippen LogP contribution is 2.21. The van der Waals surface area contributed by atoms with E-state index in [1.807, 2.05) is 5.38 Å². The Morgan fingerprint density at radius 2 is 2.30 bits per heavy atom. The van der Waals surface area contributed by atoms with Crippen molar-refractivity contribution >= 4 is 28.6 Å². The number of benzene rings is 1. The topological polar surface area (TPSA) is 111 Å². The van der Waals surface area contributed by atoms with Crippen LogP contribution in [0, 0.1) is 10.1 Å². The second kappa shape index (κ2) is 6.11. The molecule has 7 nitrogen and oxygen atoms in total. The van der Waals surface area contributed by atoms with Crippen molar-refractivity contribution in [2.24, 2.45) is 0 Å². The first-order valence-electron chi connectivity index (χ1n) is 5.77.